The summed E-state index contributed by atoms with van der Waals surface area (Å²) in [4.78, 5) is 0. The summed E-state index contributed by atoms with van der Waals surface area (Å²) < 4.78 is 2.30. The molecule has 100 valence electrons. The van der Waals surface area contributed by atoms with E-state index in [0.29, 0.717) is 12.1 Å². The molecule has 0 spiro atoms. The number of nitrogens with one attached hydrogen (secondary N) is 1. The van der Waals surface area contributed by atoms with Crippen LogP contribution >= 0.6 is 31.9 Å². The van der Waals surface area contributed by atoms with Crippen LogP contribution in [0.15, 0.2) is 27.1 Å². The smallest absolute Gasteiger partial charge is 0.0305 e. The van der Waals surface area contributed by atoms with E-state index < -0.39 is 0 Å². The molecule has 0 amide bonds. The van der Waals surface area contributed by atoms with Gasteiger partial charge in [0, 0.05) is 21.0 Å². The Morgan fingerprint density at radius 1 is 1.22 bits per heavy atom. The second-order valence-corrected chi connectivity index (χ2v) is 7.34. The van der Waals surface area contributed by atoms with Crippen LogP contribution in [0.4, 0.5) is 0 Å². The van der Waals surface area contributed by atoms with E-state index >= 15 is 0 Å². The third-order valence-electron chi connectivity index (χ3n) is 4.36. The summed E-state index contributed by atoms with van der Waals surface area (Å²) in [5.41, 5.74) is 1.34. The predicted octanol–water partition coefficient (Wildman–Crippen LogP) is 5.30. The highest BCUT2D eigenvalue weighted by molar-refractivity contribution is 9.11. The highest BCUT2D eigenvalue weighted by Gasteiger charge is 2.30. The van der Waals surface area contributed by atoms with Crippen LogP contribution in [0, 0.1) is 11.8 Å². The minimum absolute atomic E-state index is 0.394. The van der Waals surface area contributed by atoms with Gasteiger partial charge in [-0.2, -0.15) is 0 Å². The molecule has 18 heavy (non-hydrogen) atoms. The Bertz CT molecular complexity index is 419. The fraction of sp³-hybridized carbons (Fsp3) is 0.600. The first-order valence-electron chi connectivity index (χ1n) is 6.70. The number of hydrogen-bond acceptors (Lipinski definition) is 1. The van der Waals surface area contributed by atoms with Gasteiger partial charge in [0.1, 0.15) is 0 Å². The van der Waals surface area contributed by atoms with E-state index in [1.807, 2.05) is 0 Å². The first-order valence-corrected chi connectivity index (χ1v) is 8.28. The van der Waals surface area contributed by atoms with Gasteiger partial charge in [-0.15, -0.1) is 0 Å². The summed E-state index contributed by atoms with van der Waals surface area (Å²) in [6.45, 7) is 6.99. The first-order chi connectivity index (χ1) is 8.49. The number of hydrogen-bond donors (Lipinski definition) is 1. The minimum Gasteiger partial charge on any atom is -0.307 e. The molecular formula is C15H21Br2N. The maximum atomic E-state index is 3.79. The van der Waals surface area contributed by atoms with Crippen LogP contribution < -0.4 is 5.32 Å². The molecule has 0 aliphatic heterocycles. The Labute approximate surface area is 127 Å². The molecule has 1 aliphatic carbocycles. The van der Waals surface area contributed by atoms with Gasteiger partial charge >= 0.3 is 0 Å². The molecule has 0 aromatic heterocycles. The minimum atomic E-state index is 0.394. The third kappa shape index (κ3) is 3.17. The SMILES string of the molecule is CC(NC1CCC(C)C1C)c1ccc(Br)cc1Br. The first kappa shape index (κ1) is 14.5. The van der Waals surface area contributed by atoms with Crippen LogP contribution in [0.1, 0.15) is 45.2 Å². The van der Waals surface area contributed by atoms with Crippen molar-refractivity contribution in [3.05, 3.63) is 32.7 Å². The van der Waals surface area contributed by atoms with Crippen molar-refractivity contribution >= 4 is 31.9 Å². The van der Waals surface area contributed by atoms with Gasteiger partial charge in [-0.25, -0.2) is 0 Å². The molecule has 1 saturated carbocycles. The van der Waals surface area contributed by atoms with E-state index in [1.165, 1.54) is 22.9 Å². The van der Waals surface area contributed by atoms with Gasteiger partial charge in [-0.3, -0.25) is 0 Å². The van der Waals surface area contributed by atoms with Crippen molar-refractivity contribution in [1.82, 2.24) is 5.32 Å². The maximum Gasteiger partial charge on any atom is 0.0305 e. The van der Waals surface area contributed by atoms with E-state index in [1.54, 1.807) is 0 Å². The second kappa shape index (κ2) is 6.06. The summed E-state index contributed by atoms with van der Waals surface area (Å²) in [5.74, 6) is 1.63. The summed E-state index contributed by atoms with van der Waals surface area (Å²) in [6.07, 6.45) is 2.66. The van der Waals surface area contributed by atoms with Crippen molar-refractivity contribution in [3.63, 3.8) is 0 Å². The topological polar surface area (TPSA) is 12.0 Å². The molecule has 4 unspecified atom stereocenters. The van der Waals surface area contributed by atoms with Crippen LogP contribution in [0.5, 0.6) is 0 Å². The molecule has 2 rings (SSSR count). The van der Waals surface area contributed by atoms with Gasteiger partial charge < -0.3 is 5.32 Å². The van der Waals surface area contributed by atoms with E-state index in [4.69, 9.17) is 0 Å². The quantitative estimate of drug-likeness (QED) is 0.757. The van der Waals surface area contributed by atoms with Gasteiger partial charge in [-0.05, 0) is 49.3 Å². The molecule has 1 fully saturated rings. The lowest BCUT2D eigenvalue weighted by Gasteiger charge is -2.25. The van der Waals surface area contributed by atoms with Crippen molar-refractivity contribution in [3.8, 4) is 0 Å². The summed E-state index contributed by atoms with van der Waals surface area (Å²) >= 11 is 7.15. The van der Waals surface area contributed by atoms with E-state index in [0.717, 1.165) is 16.3 Å². The summed E-state index contributed by atoms with van der Waals surface area (Å²) in [6, 6.07) is 7.47. The Morgan fingerprint density at radius 2 is 1.94 bits per heavy atom. The van der Waals surface area contributed by atoms with Crippen molar-refractivity contribution in [2.75, 3.05) is 0 Å². The number of rotatable bonds is 3. The largest absolute Gasteiger partial charge is 0.307 e. The number of halogens is 2. The monoisotopic (exact) mass is 373 g/mol. The zero-order chi connectivity index (χ0) is 13.3. The molecule has 1 nitrogen and oxygen atoms in total. The van der Waals surface area contributed by atoms with Crippen LogP contribution in [0.25, 0.3) is 0 Å². The number of benzene rings is 1. The maximum absolute atomic E-state index is 3.79. The van der Waals surface area contributed by atoms with Gasteiger partial charge in [-0.1, -0.05) is 51.8 Å². The van der Waals surface area contributed by atoms with Crippen LogP contribution in [-0.2, 0) is 0 Å². The molecule has 1 aromatic rings. The molecule has 0 saturated heterocycles. The average molecular weight is 375 g/mol. The zero-order valence-electron chi connectivity index (χ0n) is 11.2. The molecule has 0 bridgehead atoms. The standard InChI is InChI=1S/C15H21Br2N/c1-9-4-7-15(10(9)2)18-11(3)13-6-5-12(16)8-14(13)17/h5-6,8-11,15,18H,4,7H2,1-3H3. The normalized spacial score (nSPS) is 29.5. The van der Waals surface area contributed by atoms with Gasteiger partial charge in [0.25, 0.3) is 0 Å². The fourth-order valence-electron chi connectivity index (χ4n) is 2.86. The molecule has 0 heterocycles. The Morgan fingerprint density at radius 3 is 2.50 bits per heavy atom. The Kier molecular flexibility index (Phi) is 4.90. The third-order valence-corrected chi connectivity index (χ3v) is 5.54. The highest BCUT2D eigenvalue weighted by Crippen LogP contribution is 2.34. The second-order valence-electron chi connectivity index (χ2n) is 5.57. The van der Waals surface area contributed by atoms with Gasteiger partial charge in [0.05, 0.1) is 0 Å². The fourth-order valence-corrected chi connectivity index (χ4v) is 4.25. The Balaban J connectivity index is 2.05. The molecule has 1 aliphatic rings. The zero-order valence-corrected chi connectivity index (χ0v) is 14.4. The van der Waals surface area contributed by atoms with Crippen molar-refractivity contribution < 1.29 is 0 Å². The molecular weight excluding hydrogens is 354 g/mol. The van der Waals surface area contributed by atoms with Crippen LogP contribution in [0.3, 0.4) is 0 Å². The predicted molar refractivity (Wildman–Crippen MR) is 84.7 cm³/mol. The van der Waals surface area contributed by atoms with E-state index in [2.05, 4.69) is 76.1 Å². The summed E-state index contributed by atoms with van der Waals surface area (Å²) in [5, 5.41) is 3.79. The van der Waals surface area contributed by atoms with Crippen molar-refractivity contribution in [1.29, 1.82) is 0 Å². The molecule has 0 radical (unpaired) electrons. The van der Waals surface area contributed by atoms with Gasteiger partial charge in [0.15, 0.2) is 0 Å². The van der Waals surface area contributed by atoms with E-state index in [-0.39, 0.29) is 0 Å². The molecule has 4 atom stereocenters. The highest BCUT2D eigenvalue weighted by atomic mass is 79.9. The Hall–Kier alpha value is 0.140. The van der Waals surface area contributed by atoms with E-state index in [9.17, 15) is 0 Å². The lowest BCUT2D eigenvalue weighted by atomic mass is 9.96. The lowest BCUT2D eigenvalue weighted by molar-refractivity contribution is 0.346. The van der Waals surface area contributed by atoms with Crippen molar-refractivity contribution in [2.24, 2.45) is 11.8 Å². The van der Waals surface area contributed by atoms with Crippen LogP contribution in [0.2, 0.25) is 0 Å². The molecule has 3 heteroatoms. The molecule has 1 aromatic carbocycles. The lowest BCUT2D eigenvalue weighted by Crippen LogP contribution is -2.34. The average Bonchev–Trinajstić information content (AvgIpc) is 2.61. The van der Waals surface area contributed by atoms with Crippen molar-refractivity contribution in [2.45, 2.75) is 45.7 Å². The van der Waals surface area contributed by atoms with Crippen LogP contribution in [-0.4, -0.2) is 6.04 Å². The van der Waals surface area contributed by atoms with Gasteiger partial charge in [0.2, 0.25) is 0 Å². The summed E-state index contributed by atoms with van der Waals surface area (Å²) in [7, 11) is 0. The molecule has 1 N–H and O–H groups in total.